The zero-order valence-corrected chi connectivity index (χ0v) is 20.6. The van der Waals surface area contributed by atoms with E-state index in [2.05, 4.69) is 5.32 Å². The highest BCUT2D eigenvalue weighted by Gasteiger charge is 2.56. The van der Waals surface area contributed by atoms with Gasteiger partial charge in [0.05, 0.1) is 6.26 Å². The normalized spacial score (nSPS) is 33.3. The molecule has 0 radical (unpaired) electrons. The van der Waals surface area contributed by atoms with Crippen LogP contribution in [0.5, 0.6) is 0 Å². The van der Waals surface area contributed by atoms with Gasteiger partial charge >= 0.3 is 6.03 Å². The number of urea groups is 1. The maximum Gasteiger partial charge on any atom is 0.325 e. The van der Waals surface area contributed by atoms with Gasteiger partial charge in [-0.15, -0.1) is 0 Å². The number of amides is 4. The van der Waals surface area contributed by atoms with Gasteiger partial charge in [-0.3, -0.25) is 14.5 Å². The molecule has 7 nitrogen and oxygen atoms in total. The minimum Gasteiger partial charge on any atom is -0.466 e. The number of benzene rings is 1. The maximum atomic E-state index is 14.0. The molecular weight excluding hydrogens is 466 g/mol. The molecule has 1 atom stereocenters. The van der Waals surface area contributed by atoms with Gasteiger partial charge in [-0.1, -0.05) is 23.7 Å². The average Bonchev–Trinajstić information content (AvgIpc) is 3.42. The summed E-state index contributed by atoms with van der Waals surface area (Å²) in [5.41, 5.74) is -0.534. The van der Waals surface area contributed by atoms with E-state index in [0.717, 1.165) is 29.7 Å². The lowest BCUT2D eigenvalue weighted by Crippen LogP contribution is -2.62. The molecule has 1 saturated heterocycles. The Hall–Kier alpha value is -2.80. The molecule has 1 N–H and O–H groups in total. The number of carbonyl (C=O) groups is 3. The fraction of sp³-hybridized carbons (Fsp3) is 0.519. The summed E-state index contributed by atoms with van der Waals surface area (Å²) in [6.45, 7) is 1.78. The minimum absolute atomic E-state index is 0.186. The Balaban J connectivity index is 1.29. The largest absolute Gasteiger partial charge is 0.466 e. The first-order chi connectivity index (χ1) is 16.8. The summed E-state index contributed by atoms with van der Waals surface area (Å²) in [6.07, 6.45) is 8.26. The van der Waals surface area contributed by atoms with Gasteiger partial charge in [0.1, 0.15) is 12.3 Å². The molecule has 1 unspecified atom stereocenters. The van der Waals surface area contributed by atoms with Gasteiger partial charge in [0.25, 0.3) is 5.91 Å². The Morgan fingerprint density at radius 2 is 1.71 bits per heavy atom. The topological polar surface area (TPSA) is 82.9 Å². The van der Waals surface area contributed by atoms with Gasteiger partial charge in [0.15, 0.2) is 5.54 Å². The summed E-state index contributed by atoms with van der Waals surface area (Å²) < 4.78 is 5.42. The lowest BCUT2D eigenvalue weighted by Gasteiger charge is -2.60. The van der Waals surface area contributed by atoms with E-state index in [1.165, 1.54) is 25.5 Å². The maximum absolute atomic E-state index is 14.0. The molecule has 4 amide bonds. The van der Waals surface area contributed by atoms with Crippen LogP contribution in [0, 0.1) is 17.8 Å². The van der Waals surface area contributed by atoms with E-state index >= 15 is 0 Å². The molecule has 8 heteroatoms. The van der Waals surface area contributed by atoms with Crippen molar-refractivity contribution in [3.8, 4) is 0 Å². The van der Waals surface area contributed by atoms with Gasteiger partial charge in [-0.2, -0.15) is 0 Å². The number of nitrogens with zero attached hydrogens (tertiary/aromatic N) is 2. The van der Waals surface area contributed by atoms with Crippen molar-refractivity contribution in [3.63, 3.8) is 0 Å². The molecule has 4 bridgehead atoms. The Bertz CT molecular complexity index is 1130. The number of nitrogens with one attached hydrogen (secondary N) is 1. The Labute approximate surface area is 209 Å². The standard InChI is InChI=1S/C27H30ClN3O4/c1-26(22-3-2-8-35-22)24(33)30(25(34)29-26)16-23(32)31(15-17-4-6-21(28)7-5-17)27-12-18-9-19(13-27)11-20(10-18)14-27/h2-8,18-20H,9-16H2,1H3,(H,29,34). The molecule has 1 aromatic carbocycles. The van der Waals surface area contributed by atoms with E-state index in [0.29, 0.717) is 35.1 Å². The first-order valence-electron chi connectivity index (χ1n) is 12.5. The van der Waals surface area contributed by atoms with Gasteiger partial charge in [0, 0.05) is 17.1 Å². The highest BCUT2D eigenvalue weighted by molar-refractivity contribution is 6.30. The Kier molecular flexibility index (Phi) is 5.25. The monoisotopic (exact) mass is 495 g/mol. The zero-order chi connectivity index (χ0) is 24.4. The molecule has 4 aliphatic carbocycles. The van der Waals surface area contributed by atoms with Crippen LogP contribution in [0.4, 0.5) is 4.79 Å². The van der Waals surface area contributed by atoms with Crippen molar-refractivity contribution >= 4 is 29.4 Å². The Morgan fingerprint density at radius 1 is 1.09 bits per heavy atom. The van der Waals surface area contributed by atoms with E-state index in [4.69, 9.17) is 16.0 Å². The van der Waals surface area contributed by atoms with E-state index in [-0.39, 0.29) is 18.0 Å². The van der Waals surface area contributed by atoms with Crippen LogP contribution in [0.1, 0.15) is 56.8 Å². The number of halogens is 1. The van der Waals surface area contributed by atoms with Crippen molar-refractivity contribution in [1.29, 1.82) is 0 Å². The van der Waals surface area contributed by atoms with Gasteiger partial charge < -0.3 is 14.6 Å². The smallest absolute Gasteiger partial charge is 0.325 e. The second kappa shape index (κ2) is 8.12. The molecule has 0 spiro atoms. The lowest BCUT2D eigenvalue weighted by molar-refractivity contribution is -0.155. The van der Waals surface area contributed by atoms with Crippen molar-refractivity contribution in [1.82, 2.24) is 15.1 Å². The predicted octanol–water partition coefficient (Wildman–Crippen LogP) is 4.70. The second-order valence-corrected chi connectivity index (χ2v) is 11.6. The molecule has 2 heterocycles. The quantitative estimate of drug-likeness (QED) is 0.589. The fourth-order valence-electron chi connectivity index (χ4n) is 7.48. The molecule has 1 aliphatic heterocycles. The number of hydrogen-bond acceptors (Lipinski definition) is 4. The van der Waals surface area contributed by atoms with Gasteiger partial charge in [-0.05, 0) is 93.0 Å². The van der Waals surface area contributed by atoms with Crippen molar-refractivity contribution in [2.24, 2.45) is 17.8 Å². The van der Waals surface area contributed by atoms with Crippen LogP contribution in [0.3, 0.4) is 0 Å². The average molecular weight is 496 g/mol. The van der Waals surface area contributed by atoms with Crippen LogP contribution in [-0.2, 0) is 21.7 Å². The molecule has 1 aromatic heterocycles. The van der Waals surface area contributed by atoms with Crippen LogP contribution < -0.4 is 5.32 Å². The molecule has 35 heavy (non-hydrogen) atoms. The zero-order valence-electron chi connectivity index (χ0n) is 19.8. The Morgan fingerprint density at radius 3 is 2.29 bits per heavy atom. The molecule has 2 aromatic rings. The summed E-state index contributed by atoms with van der Waals surface area (Å²) in [5, 5.41) is 3.38. The highest BCUT2D eigenvalue weighted by atomic mass is 35.5. The lowest BCUT2D eigenvalue weighted by atomic mass is 9.52. The fourth-order valence-corrected chi connectivity index (χ4v) is 7.61. The first kappa shape index (κ1) is 22.7. The van der Waals surface area contributed by atoms with E-state index in [1.807, 2.05) is 29.2 Å². The summed E-state index contributed by atoms with van der Waals surface area (Å²) in [7, 11) is 0. The highest BCUT2D eigenvalue weighted by Crippen LogP contribution is 2.58. The van der Waals surface area contributed by atoms with Crippen LogP contribution >= 0.6 is 11.6 Å². The van der Waals surface area contributed by atoms with Crippen molar-refractivity contribution in [2.75, 3.05) is 6.54 Å². The third kappa shape index (κ3) is 3.75. The second-order valence-electron chi connectivity index (χ2n) is 11.2. The summed E-state index contributed by atoms with van der Waals surface area (Å²) in [6, 6.07) is 10.3. The molecular formula is C27H30ClN3O4. The number of imide groups is 1. The van der Waals surface area contributed by atoms with Gasteiger partial charge in [-0.25, -0.2) is 4.79 Å². The third-order valence-corrected chi connectivity index (χ3v) is 8.97. The third-order valence-electron chi connectivity index (χ3n) is 8.72. The SMILES string of the molecule is CC1(c2ccco2)NC(=O)N(CC(=O)N(Cc2ccc(Cl)cc2)C23CC4CC(CC(C4)C2)C3)C1=O. The number of hydrogen-bond donors (Lipinski definition) is 1. The van der Waals surface area contributed by atoms with Crippen molar-refractivity contribution < 1.29 is 18.8 Å². The van der Waals surface area contributed by atoms with E-state index in [9.17, 15) is 14.4 Å². The summed E-state index contributed by atoms with van der Waals surface area (Å²) in [5.74, 6) is 1.66. The number of rotatable bonds is 6. The van der Waals surface area contributed by atoms with Crippen LogP contribution in [0.25, 0.3) is 0 Å². The number of carbonyl (C=O) groups excluding carboxylic acids is 3. The predicted molar refractivity (Wildman–Crippen MR) is 129 cm³/mol. The van der Waals surface area contributed by atoms with E-state index < -0.39 is 17.5 Å². The molecule has 5 fully saturated rings. The molecule has 184 valence electrons. The molecule has 5 aliphatic rings. The van der Waals surface area contributed by atoms with Crippen molar-refractivity contribution in [3.05, 3.63) is 59.0 Å². The van der Waals surface area contributed by atoms with Crippen LogP contribution in [-0.4, -0.2) is 39.7 Å². The summed E-state index contributed by atoms with van der Waals surface area (Å²) in [4.78, 5) is 43.2. The number of furan rings is 1. The minimum atomic E-state index is -1.32. The first-order valence-corrected chi connectivity index (χ1v) is 12.9. The summed E-state index contributed by atoms with van der Waals surface area (Å²) >= 11 is 6.10. The van der Waals surface area contributed by atoms with Crippen LogP contribution in [0.2, 0.25) is 5.02 Å². The van der Waals surface area contributed by atoms with Gasteiger partial charge in [0.2, 0.25) is 5.91 Å². The van der Waals surface area contributed by atoms with Crippen molar-refractivity contribution in [2.45, 2.75) is 63.1 Å². The molecule has 7 rings (SSSR count). The van der Waals surface area contributed by atoms with Crippen LogP contribution in [0.15, 0.2) is 47.1 Å². The van der Waals surface area contributed by atoms with E-state index in [1.54, 1.807) is 19.1 Å². The molecule has 4 saturated carbocycles.